The topological polar surface area (TPSA) is 18.5 Å². The van der Waals surface area contributed by atoms with Crippen LogP contribution in [-0.4, -0.2) is 24.0 Å². The molecule has 1 saturated heterocycles. The maximum atomic E-state index is 13.6. The number of hydrogen-bond acceptors (Lipinski definition) is 2. The highest BCUT2D eigenvalue weighted by Gasteiger charge is 2.51. The van der Waals surface area contributed by atoms with Crippen molar-refractivity contribution in [2.75, 3.05) is 0 Å². The summed E-state index contributed by atoms with van der Waals surface area (Å²) in [5.74, 6) is 0.354. The Labute approximate surface area is 127 Å². The van der Waals surface area contributed by atoms with E-state index in [1.165, 1.54) is 5.56 Å². The summed E-state index contributed by atoms with van der Waals surface area (Å²) in [6.07, 6.45) is 1.26. The van der Waals surface area contributed by atoms with Crippen LogP contribution < -0.4 is 5.46 Å². The highest BCUT2D eigenvalue weighted by Crippen LogP contribution is 2.46. The summed E-state index contributed by atoms with van der Waals surface area (Å²) < 4.78 is 25.7. The smallest absolute Gasteiger partial charge is 0.399 e. The van der Waals surface area contributed by atoms with E-state index in [1.54, 1.807) is 6.92 Å². The lowest BCUT2D eigenvalue weighted by Crippen LogP contribution is -2.41. The molecule has 0 aromatic heterocycles. The van der Waals surface area contributed by atoms with Crippen molar-refractivity contribution in [3.05, 3.63) is 29.8 Å². The lowest BCUT2D eigenvalue weighted by molar-refractivity contribution is 0.00578. The summed E-state index contributed by atoms with van der Waals surface area (Å²) in [4.78, 5) is 0. The van der Waals surface area contributed by atoms with Crippen molar-refractivity contribution in [3.8, 4) is 0 Å². The molecule has 0 spiro atoms. The predicted octanol–water partition coefficient (Wildman–Crippen LogP) is 3.59. The van der Waals surface area contributed by atoms with Crippen LogP contribution in [0.5, 0.6) is 0 Å². The van der Waals surface area contributed by atoms with E-state index in [4.69, 9.17) is 9.31 Å². The van der Waals surface area contributed by atoms with Gasteiger partial charge in [0.1, 0.15) is 5.67 Å². The van der Waals surface area contributed by atoms with Crippen molar-refractivity contribution >= 4 is 12.6 Å². The third-order valence-electron chi connectivity index (χ3n) is 5.28. The molecule has 3 rings (SSSR count). The molecular formula is C17H24BFO2. The van der Waals surface area contributed by atoms with Crippen LogP contribution in [0.25, 0.3) is 0 Å². The minimum Gasteiger partial charge on any atom is -0.399 e. The molecular weight excluding hydrogens is 266 g/mol. The van der Waals surface area contributed by atoms with Gasteiger partial charge in [0.25, 0.3) is 0 Å². The van der Waals surface area contributed by atoms with E-state index in [9.17, 15) is 4.39 Å². The zero-order valence-electron chi connectivity index (χ0n) is 13.6. The summed E-state index contributed by atoms with van der Waals surface area (Å²) in [5, 5.41) is 0. The molecule has 1 aromatic rings. The first-order chi connectivity index (χ1) is 9.60. The van der Waals surface area contributed by atoms with Crippen molar-refractivity contribution in [2.24, 2.45) is 0 Å². The summed E-state index contributed by atoms with van der Waals surface area (Å²) >= 11 is 0. The Hall–Kier alpha value is -0.865. The van der Waals surface area contributed by atoms with E-state index in [2.05, 4.69) is 39.8 Å². The Bertz CT molecular complexity index is 512. The molecule has 1 aromatic carbocycles. The van der Waals surface area contributed by atoms with Crippen LogP contribution in [0.4, 0.5) is 4.39 Å². The van der Waals surface area contributed by atoms with Gasteiger partial charge in [-0.1, -0.05) is 24.3 Å². The van der Waals surface area contributed by atoms with Gasteiger partial charge >= 0.3 is 7.12 Å². The fourth-order valence-electron chi connectivity index (χ4n) is 3.11. The third-order valence-corrected chi connectivity index (χ3v) is 5.28. The van der Waals surface area contributed by atoms with Crippen molar-refractivity contribution in [2.45, 2.75) is 70.2 Å². The van der Waals surface area contributed by atoms with Crippen molar-refractivity contribution < 1.29 is 13.7 Å². The first-order valence-electron chi connectivity index (χ1n) is 7.74. The number of hydrogen-bond donors (Lipinski definition) is 0. The number of benzene rings is 1. The Morgan fingerprint density at radius 3 is 1.86 bits per heavy atom. The highest BCUT2D eigenvalue weighted by atomic mass is 19.1. The molecule has 1 aliphatic heterocycles. The fraction of sp³-hybridized carbons (Fsp3) is 0.647. The van der Waals surface area contributed by atoms with Crippen molar-refractivity contribution in [1.29, 1.82) is 0 Å². The summed E-state index contributed by atoms with van der Waals surface area (Å²) in [5.41, 5.74) is 0.626. The molecule has 2 nitrogen and oxygen atoms in total. The quantitative estimate of drug-likeness (QED) is 0.775. The highest BCUT2D eigenvalue weighted by molar-refractivity contribution is 6.62. The SMILES string of the molecule is CC1(F)CC(c2ccc(B3OC(C)(C)C(C)(C)O3)cc2)C1. The van der Waals surface area contributed by atoms with Gasteiger partial charge in [-0.05, 0) is 64.4 Å². The first-order valence-corrected chi connectivity index (χ1v) is 7.74. The lowest BCUT2D eigenvalue weighted by atomic mass is 9.69. The molecule has 114 valence electrons. The van der Waals surface area contributed by atoms with Gasteiger partial charge in [-0.2, -0.15) is 0 Å². The van der Waals surface area contributed by atoms with Crippen molar-refractivity contribution in [3.63, 3.8) is 0 Å². The lowest BCUT2D eigenvalue weighted by Gasteiger charge is -2.39. The van der Waals surface area contributed by atoms with Gasteiger partial charge in [0.2, 0.25) is 0 Å². The molecule has 1 saturated carbocycles. The van der Waals surface area contributed by atoms with E-state index >= 15 is 0 Å². The van der Waals surface area contributed by atoms with Crippen LogP contribution in [0.3, 0.4) is 0 Å². The Morgan fingerprint density at radius 1 is 0.952 bits per heavy atom. The average molecular weight is 290 g/mol. The third kappa shape index (κ3) is 2.64. The molecule has 0 unspecified atom stereocenters. The summed E-state index contributed by atoms with van der Waals surface area (Å²) in [6.45, 7) is 9.90. The van der Waals surface area contributed by atoms with E-state index in [1.807, 2.05) is 12.1 Å². The number of alkyl halides is 1. The zero-order valence-corrected chi connectivity index (χ0v) is 13.6. The van der Waals surface area contributed by atoms with Crippen LogP contribution in [0.2, 0.25) is 0 Å². The molecule has 1 heterocycles. The predicted molar refractivity (Wildman–Crippen MR) is 83.6 cm³/mol. The van der Waals surface area contributed by atoms with Crippen LogP contribution in [0, 0.1) is 0 Å². The average Bonchev–Trinajstić information content (AvgIpc) is 2.56. The molecule has 0 radical (unpaired) electrons. The molecule has 2 fully saturated rings. The Balaban J connectivity index is 1.71. The molecule has 4 heteroatoms. The van der Waals surface area contributed by atoms with Gasteiger partial charge in [0, 0.05) is 0 Å². The molecule has 0 atom stereocenters. The van der Waals surface area contributed by atoms with Gasteiger partial charge in [-0.25, -0.2) is 4.39 Å². The summed E-state index contributed by atoms with van der Waals surface area (Å²) in [7, 11) is -0.322. The minimum absolute atomic E-state index is 0.319. The number of rotatable bonds is 2. The molecule has 2 aliphatic rings. The molecule has 1 aliphatic carbocycles. The van der Waals surface area contributed by atoms with Crippen LogP contribution in [-0.2, 0) is 9.31 Å². The second kappa shape index (κ2) is 4.56. The fourth-order valence-corrected chi connectivity index (χ4v) is 3.11. The van der Waals surface area contributed by atoms with Crippen LogP contribution in [0.1, 0.15) is 58.9 Å². The van der Waals surface area contributed by atoms with Gasteiger partial charge < -0.3 is 9.31 Å². The second-order valence-electron chi connectivity index (χ2n) is 7.77. The molecule has 0 bridgehead atoms. The van der Waals surface area contributed by atoms with E-state index in [0.717, 1.165) is 5.46 Å². The number of halogens is 1. The zero-order chi connectivity index (χ0) is 15.5. The Morgan fingerprint density at radius 2 is 1.43 bits per heavy atom. The van der Waals surface area contributed by atoms with Crippen LogP contribution >= 0.6 is 0 Å². The normalized spacial score (nSPS) is 33.8. The van der Waals surface area contributed by atoms with E-state index in [-0.39, 0.29) is 18.3 Å². The first kappa shape index (κ1) is 15.0. The Kier molecular flexibility index (Phi) is 3.27. The van der Waals surface area contributed by atoms with E-state index in [0.29, 0.717) is 18.8 Å². The second-order valence-corrected chi connectivity index (χ2v) is 7.77. The molecule has 0 amide bonds. The molecule has 0 N–H and O–H groups in total. The van der Waals surface area contributed by atoms with Gasteiger partial charge in [0.15, 0.2) is 0 Å². The maximum Gasteiger partial charge on any atom is 0.494 e. The largest absolute Gasteiger partial charge is 0.494 e. The monoisotopic (exact) mass is 290 g/mol. The van der Waals surface area contributed by atoms with Crippen LogP contribution in [0.15, 0.2) is 24.3 Å². The van der Waals surface area contributed by atoms with Gasteiger partial charge in [0.05, 0.1) is 11.2 Å². The summed E-state index contributed by atoms with van der Waals surface area (Å²) in [6, 6.07) is 8.26. The van der Waals surface area contributed by atoms with Crippen molar-refractivity contribution in [1.82, 2.24) is 0 Å². The standard InChI is InChI=1S/C17H24BFO2/c1-15(2)16(3,4)21-18(20-15)14-8-6-12(7-9-14)13-10-17(5,19)11-13/h6-9,13H,10-11H2,1-5H3. The van der Waals surface area contributed by atoms with Gasteiger partial charge in [-0.15, -0.1) is 0 Å². The maximum absolute atomic E-state index is 13.6. The minimum atomic E-state index is -0.977. The molecule has 21 heavy (non-hydrogen) atoms. The van der Waals surface area contributed by atoms with E-state index < -0.39 is 5.67 Å². The van der Waals surface area contributed by atoms with Gasteiger partial charge in [-0.3, -0.25) is 0 Å².